The van der Waals surface area contributed by atoms with Crippen molar-refractivity contribution < 1.29 is 9.59 Å². The minimum atomic E-state index is -0.327. The molecule has 6 nitrogen and oxygen atoms in total. The summed E-state index contributed by atoms with van der Waals surface area (Å²) in [5.74, 6) is -0.653. The maximum Gasteiger partial charge on any atom is 0.220 e. The minimum absolute atomic E-state index is 0.0814. The smallest absolute Gasteiger partial charge is 0.220 e. The Morgan fingerprint density at radius 1 is 0.486 bits per heavy atom. The molecule has 4 aromatic rings. The molecule has 0 saturated heterocycles. The number of nitrogens with zero attached hydrogens (tertiary/aromatic N) is 2. The lowest BCUT2D eigenvalue weighted by atomic mass is 10.1. The quantitative estimate of drug-likeness (QED) is 0.134. The van der Waals surface area contributed by atoms with E-state index in [9.17, 15) is 9.59 Å². The van der Waals surface area contributed by atoms with Crippen LogP contribution in [0.5, 0.6) is 0 Å². The van der Waals surface area contributed by atoms with Gasteiger partial charge in [0.2, 0.25) is 11.6 Å². The fraction of sp³-hybridized carbons (Fsp3) is 0. The lowest BCUT2D eigenvalue weighted by Crippen LogP contribution is -2.20. The summed E-state index contributed by atoms with van der Waals surface area (Å²) in [6.07, 6.45) is 0. The van der Waals surface area contributed by atoms with Gasteiger partial charge in [-0.15, -0.1) is 0 Å². The van der Waals surface area contributed by atoms with Crippen LogP contribution in [0.15, 0.2) is 132 Å². The monoisotopic (exact) mass is 478 g/mol. The molecule has 0 atom stereocenters. The van der Waals surface area contributed by atoms with Crippen LogP contribution in [0.2, 0.25) is 0 Å². The first kappa shape index (κ1) is 23.7. The van der Waals surface area contributed by atoms with Crippen molar-refractivity contribution in [3.05, 3.63) is 132 Å². The first-order chi connectivity index (χ1) is 17.2. The van der Waals surface area contributed by atoms with E-state index in [4.69, 9.17) is 0 Å². The first-order valence-corrected chi connectivity index (χ1v) is 11.7. The number of hydrogen-bond acceptors (Lipinski definition) is 7. The highest BCUT2D eigenvalue weighted by Gasteiger charge is 2.23. The van der Waals surface area contributed by atoms with Gasteiger partial charge in [0.25, 0.3) is 0 Å². The zero-order valence-electron chi connectivity index (χ0n) is 18.7. The van der Waals surface area contributed by atoms with Gasteiger partial charge in [0.1, 0.15) is 0 Å². The van der Waals surface area contributed by atoms with Crippen LogP contribution in [0.25, 0.3) is 0 Å². The number of carbonyl (C=O) groups excluding carboxylic acids is 2. The molecule has 0 spiro atoms. The van der Waals surface area contributed by atoms with Gasteiger partial charge in [0.15, 0.2) is 10.1 Å². The number of nitrogens with one attached hydrogen (secondary N) is 2. The van der Waals surface area contributed by atoms with Gasteiger partial charge in [-0.3, -0.25) is 20.4 Å². The lowest BCUT2D eigenvalue weighted by Gasteiger charge is -2.10. The Balaban J connectivity index is 1.69. The Kier molecular flexibility index (Phi) is 8.18. The SMILES string of the molecule is O=C(/C(=N/Nc1ccccc1)S/C(=N/Nc1ccccc1)C(=O)c1ccccc1)c1ccccc1. The molecule has 2 N–H and O–H groups in total. The summed E-state index contributed by atoms with van der Waals surface area (Å²) >= 11 is 0.910. The van der Waals surface area contributed by atoms with Crippen LogP contribution in [0.3, 0.4) is 0 Å². The summed E-state index contributed by atoms with van der Waals surface area (Å²) in [4.78, 5) is 26.7. The van der Waals surface area contributed by atoms with Gasteiger partial charge in [-0.25, -0.2) is 0 Å². The van der Waals surface area contributed by atoms with Crippen molar-refractivity contribution in [2.24, 2.45) is 10.2 Å². The van der Waals surface area contributed by atoms with Crippen molar-refractivity contribution in [2.45, 2.75) is 0 Å². The van der Waals surface area contributed by atoms with Crippen LogP contribution < -0.4 is 10.9 Å². The molecule has 0 aromatic heterocycles. The van der Waals surface area contributed by atoms with Gasteiger partial charge >= 0.3 is 0 Å². The maximum absolute atomic E-state index is 13.4. The average molecular weight is 479 g/mol. The van der Waals surface area contributed by atoms with Gasteiger partial charge < -0.3 is 0 Å². The van der Waals surface area contributed by atoms with Crippen molar-refractivity contribution in [1.29, 1.82) is 0 Å². The Labute approximate surface area is 207 Å². The molecule has 0 radical (unpaired) electrons. The summed E-state index contributed by atoms with van der Waals surface area (Å²) in [6, 6.07) is 36.2. The van der Waals surface area contributed by atoms with Gasteiger partial charge in [-0.1, -0.05) is 97.1 Å². The van der Waals surface area contributed by atoms with E-state index in [2.05, 4.69) is 21.1 Å². The highest BCUT2D eigenvalue weighted by atomic mass is 32.2. The standard InChI is InChI=1S/C28H22N4O2S/c33-25(21-13-5-1-6-14-21)27(31-29-23-17-9-3-10-18-23)35-28(26(34)22-15-7-2-8-16-22)32-30-24-19-11-4-12-20-24/h1-20,29-30H/b31-27-,32-28+. The largest absolute Gasteiger partial charge is 0.286 e. The lowest BCUT2D eigenvalue weighted by molar-refractivity contribution is 0.106. The van der Waals surface area contributed by atoms with E-state index in [1.54, 1.807) is 48.5 Å². The Morgan fingerprint density at radius 3 is 1.14 bits per heavy atom. The Hall–Kier alpha value is -4.49. The van der Waals surface area contributed by atoms with Crippen molar-refractivity contribution >= 4 is 44.8 Å². The second kappa shape index (κ2) is 12.1. The molecule has 172 valence electrons. The van der Waals surface area contributed by atoms with Crippen molar-refractivity contribution in [1.82, 2.24) is 0 Å². The fourth-order valence-electron chi connectivity index (χ4n) is 3.01. The maximum atomic E-state index is 13.4. The van der Waals surface area contributed by atoms with Crippen molar-refractivity contribution in [3.8, 4) is 0 Å². The molecular weight excluding hydrogens is 456 g/mol. The fourth-order valence-corrected chi connectivity index (χ4v) is 3.80. The number of hydrazone groups is 2. The second-order valence-corrected chi connectivity index (χ2v) is 8.26. The first-order valence-electron chi connectivity index (χ1n) is 10.9. The third kappa shape index (κ3) is 6.75. The summed E-state index contributed by atoms with van der Waals surface area (Å²) in [5, 5.41) is 8.88. The molecule has 0 bridgehead atoms. The van der Waals surface area contributed by atoms with Gasteiger partial charge in [-0.2, -0.15) is 10.2 Å². The molecule has 35 heavy (non-hydrogen) atoms. The van der Waals surface area contributed by atoms with Crippen LogP contribution >= 0.6 is 11.8 Å². The molecule has 0 amide bonds. The Morgan fingerprint density at radius 2 is 0.800 bits per heavy atom. The molecule has 0 saturated carbocycles. The number of ketones is 2. The molecule has 7 heteroatoms. The number of carbonyl (C=O) groups is 2. The van der Waals surface area contributed by atoms with E-state index in [0.29, 0.717) is 22.5 Å². The van der Waals surface area contributed by atoms with Crippen LogP contribution in [-0.4, -0.2) is 21.7 Å². The molecule has 0 aliphatic carbocycles. The third-order valence-corrected chi connectivity index (χ3v) is 5.71. The molecule has 0 aliphatic rings. The predicted molar refractivity (Wildman–Crippen MR) is 144 cm³/mol. The van der Waals surface area contributed by atoms with E-state index in [1.165, 1.54) is 0 Å². The number of hydrogen-bond donors (Lipinski definition) is 2. The van der Waals surface area contributed by atoms with E-state index in [-0.39, 0.29) is 21.7 Å². The molecule has 0 unspecified atom stereocenters. The topological polar surface area (TPSA) is 82.9 Å². The zero-order chi connectivity index (χ0) is 24.3. The normalized spacial score (nSPS) is 11.5. The van der Waals surface area contributed by atoms with E-state index < -0.39 is 0 Å². The van der Waals surface area contributed by atoms with Gasteiger partial charge in [0, 0.05) is 11.1 Å². The molecular formula is C28H22N4O2S. The van der Waals surface area contributed by atoms with E-state index in [1.807, 2.05) is 72.8 Å². The molecule has 0 fully saturated rings. The Bertz CT molecular complexity index is 1220. The molecule has 4 rings (SSSR count). The second-order valence-electron chi connectivity index (χ2n) is 7.28. The van der Waals surface area contributed by atoms with E-state index in [0.717, 1.165) is 11.8 Å². The van der Waals surface area contributed by atoms with Crippen LogP contribution in [0.4, 0.5) is 11.4 Å². The number of Topliss-reactive ketones (excluding diaryl/α,β-unsaturated/α-hetero) is 2. The molecule has 0 aliphatic heterocycles. The van der Waals surface area contributed by atoms with Crippen molar-refractivity contribution in [2.75, 3.05) is 10.9 Å². The summed E-state index contributed by atoms with van der Waals surface area (Å²) < 4.78 is 0. The zero-order valence-corrected chi connectivity index (χ0v) is 19.5. The third-order valence-electron chi connectivity index (χ3n) is 4.77. The summed E-state index contributed by atoms with van der Waals surface area (Å²) in [5.41, 5.74) is 8.16. The van der Waals surface area contributed by atoms with Crippen molar-refractivity contribution in [3.63, 3.8) is 0 Å². The number of para-hydroxylation sites is 2. The minimum Gasteiger partial charge on any atom is -0.286 e. The summed E-state index contributed by atoms with van der Waals surface area (Å²) in [7, 11) is 0. The number of rotatable bonds is 8. The molecule has 0 heterocycles. The highest BCUT2D eigenvalue weighted by Crippen LogP contribution is 2.19. The number of thioether (sulfide) groups is 1. The van der Waals surface area contributed by atoms with Crippen LogP contribution in [0.1, 0.15) is 20.7 Å². The predicted octanol–water partition coefficient (Wildman–Crippen LogP) is 6.34. The number of anilines is 2. The average Bonchev–Trinajstić information content (AvgIpc) is 2.94. The number of benzene rings is 4. The molecule has 4 aromatic carbocycles. The van der Waals surface area contributed by atoms with Crippen LogP contribution in [-0.2, 0) is 0 Å². The van der Waals surface area contributed by atoms with Gasteiger partial charge in [-0.05, 0) is 36.0 Å². The van der Waals surface area contributed by atoms with Gasteiger partial charge in [0.05, 0.1) is 11.4 Å². The van der Waals surface area contributed by atoms with E-state index >= 15 is 0 Å². The highest BCUT2D eigenvalue weighted by molar-refractivity contribution is 8.29. The van der Waals surface area contributed by atoms with Crippen LogP contribution in [0, 0.1) is 0 Å². The summed E-state index contributed by atoms with van der Waals surface area (Å²) in [6.45, 7) is 0.